The van der Waals surface area contributed by atoms with E-state index in [9.17, 15) is 26.3 Å². The number of aromatic nitrogens is 2. The molecule has 56 heavy (non-hydrogen) atoms. The Morgan fingerprint density at radius 1 is 0.393 bits per heavy atom. The van der Waals surface area contributed by atoms with Crippen molar-refractivity contribution in [3.8, 4) is 33.8 Å². The summed E-state index contributed by atoms with van der Waals surface area (Å²) in [6.07, 6.45) is 1.55. The van der Waals surface area contributed by atoms with E-state index in [1.165, 1.54) is 34.1 Å². The van der Waals surface area contributed by atoms with Crippen molar-refractivity contribution < 1.29 is 46.4 Å². The predicted molar refractivity (Wildman–Crippen MR) is 208 cm³/mol. The van der Waals surface area contributed by atoms with Gasteiger partial charge in [-0.1, -0.05) is 120 Å². The van der Waals surface area contributed by atoms with Crippen molar-refractivity contribution in [1.29, 1.82) is 0 Å². The van der Waals surface area contributed by atoms with Gasteiger partial charge in [0.05, 0.1) is 7.92 Å². The van der Waals surface area contributed by atoms with Crippen LogP contribution in [0.25, 0.3) is 33.8 Å². The Morgan fingerprint density at radius 2 is 0.732 bits per heavy atom. The smallest absolute Gasteiger partial charge is 0.345 e. The quantitative estimate of drug-likeness (QED) is 0.0943. The van der Waals surface area contributed by atoms with Crippen LogP contribution in [0, 0.1) is 53.1 Å². The van der Waals surface area contributed by atoms with Gasteiger partial charge < -0.3 is 9.97 Å². The zero-order chi connectivity index (χ0) is 38.6. The Bertz CT molecular complexity index is 2300. The fourth-order valence-electron chi connectivity index (χ4n) is 5.46. The van der Waals surface area contributed by atoms with Crippen LogP contribution in [0.3, 0.4) is 0 Å². The van der Waals surface area contributed by atoms with Crippen LogP contribution in [-0.2, 0) is 20.1 Å². The van der Waals surface area contributed by atoms with Gasteiger partial charge in [-0.05, 0) is 59.5 Å². The van der Waals surface area contributed by atoms with E-state index >= 15 is 0 Å². The van der Waals surface area contributed by atoms with Crippen LogP contribution < -0.4 is 15.9 Å². The first-order valence-electron chi connectivity index (χ1n) is 16.8. The van der Waals surface area contributed by atoms with Gasteiger partial charge in [0.1, 0.15) is 15.9 Å². The normalized spacial score (nSPS) is 10.3. The van der Waals surface area contributed by atoms with E-state index < -0.39 is 42.8 Å². The molecule has 0 fully saturated rings. The molecular weight excluding hydrogens is 918 g/mol. The van der Waals surface area contributed by atoms with Gasteiger partial charge in [0.25, 0.3) is 0 Å². The van der Waals surface area contributed by atoms with Crippen LogP contribution in [0.15, 0.2) is 170 Å². The van der Waals surface area contributed by atoms with E-state index in [0.717, 1.165) is 24.3 Å². The minimum atomic E-state index is -0.877. The molecule has 2 heterocycles. The summed E-state index contributed by atoms with van der Waals surface area (Å²) in [5.74, 6) is -4.45. The van der Waals surface area contributed by atoms with Gasteiger partial charge >= 0.3 is 20.1 Å². The number of rotatable bonds is 6. The Morgan fingerprint density at radius 3 is 1.07 bits per heavy atom. The molecule has 2 nitrogen and oxygen atoms in total. The molecule has 0 aliphatic carbocycles. The SMILES string of the molecule is Fc1c[c-]c(-c2cccc(-c3[c-]cc(F)cc3F)n2)c(F)c1.Fc1c[c-]c(-c2ccccn2)c(F)c1.[Ir+3].c1ccc([PH+](c2ccccc2)c2ccccc2)cc1. The van der Waals surface area contributed by atoms with Crippen molar-refractivity contribution in [1.82, 2.24) is 9.97 Å². The standard InChI is InChI=1S/C18H15P.C17H7F4N.C11H6F2N.Ir/c1-4-10-16(11-5-1)19(17-12-6-2-7-13-17)18-14-8-3-9-15-18;18-10-4-6-12(14(20)8-10)16-2-1-3-17(22-16)13-7-5-11(19)9-15(13)21;12-8-4-5-9(10(13)7-8)11-3-1-2-6-14-11;/h1-15H;1-5,8-9H;1-4,6-7H;/q;-2;-1;+3/p+1. The van der Waals surface area contributed by atoms with Crippen molar-refractivity contribution in [2.45, 2.75) is 0 Å². The second-order valence-corrected chi connectivity index (χ2v) is 14.2. The third kappa shape index (κ3) is 10.9. The van der Waals surface area contributed by atoms with Crippen LogP contribution in [0.2, 0.25) is 0 Å². The maximum atomic E-state index is 13.8. The van der Waals surface area contributed by atoms with Crippen LogP contribution >= 0.6 is 7.92 Å². The monoisotopic (exact) mass is 947 g/mol. The first-order valence-corrected chi connectivity index (χ1v) is 18.3. The van der Waals surface area contributed by atoms with Gasteiger partial charge in [0.2, 0.25) is 0 Å². The molecule has 0 unspecified atom stereocenters. The second kappa shape index (κ2) is 20.3. The number of benzene rings is 6. The van der Waals surface area contributed by atoms with Crippen molar-refractivity contribution in [2.75, 3.05) is 0 Å². The summed E-state index contributed by atoms with van der Waals surface area (Å²) in [5.41, 5.74) is 0.882. The van der Waals surface area contributed by atoms with Crippen molar-refractivity contribution >= 4 is 23.8 Å². The Hall–Kier alpha value is -5.72. The molecule has 2 aromatic heterocycles. The number of halogens is 6. The number of nitrogens with zero attached hydrogens (tertiary/aromatic N) is 2. The molecule has 8 aromatic rings. The Labute approximate surface area is 335 Å². The third-order valence-corrected chi connectivity index (χ3v) is 10.7. The van der Waals surface area contributed by atoms with Gasteiger partial charge in [-0.15, -0.1) is 36.4 Å². The zero-order valence-electron chi connectivity index (χ0n) is 29.2. The molecule has 278 valence electrons. The van der Waals surface area contributed by atoms with Crippen LogP contribution in [0.4, 0.5) is 26.3 Å². The van der Waals surface area contributed by atoms with Crippen LogP contribution in [0.5, 0.6) is 0 Å². The van der Waals surface area contributed by atoms with Gasteiger partial charge in [-0.25, -0.2) is 0 Å². The fraction of sp³-hybridized carbons (Fsp3) is 0. The van der Waals surface area contributed by atoms with Crippen LogP contribution in [0.1, 0.15) is 0 Å². The summed E-state index contributed by atoms with van der Waals surface area (Å²) in [6.45, 7) is 0. The average Bonchev–Trinajstić information content (AvgIpc) is 3.20. The maximum Gasteiger partial charge on any atom is 3.00 e. The van der Waals surface area contributed by atoms with Crippen molar-refractivity contribution in [3.05, 3.63) is 223 Å². The van der Waals surface area contributed by atoms with E-state index in [-0.39, 0.29) is 48.2 Å². The molecule has 6 aromatic carbocycles. The zero-order valence-corrected chi connectivity index (χ0v) is 32.6. The third-order valence-electron chi connectivity index (χ3n) is 7.94. The minimum Gasteiger partial charge on any atom is -0.345 e. The summed E-state index contributed by atoms with van der Waals surface area (Å²) in [4.78, 5) is 8.05. The van der Waals surface area contributed by atoms with Crippen LogP contribution in [-0.4, -0.2) is 9.97 Å². The van der Waals surface area contributed by atoms with Gasteiger partial charge in [0, 0.05) is 41.1 Å². The van der Waals surface area contributed by atoms with E-state index in [1.807, 2.05) is 0 Å². The molecule has 0 bridgehead atoms. The molecule has 0 spiro atoms. The molecule has 0 aliphatic rings. The summed E-state index contributed by atoms with van der Waals surface area (Å²) < 4.78 is 79.1. The summed E-state index contributed by atoms with van der Waals surface area (Å²) in [6, 6.07) is 54.8. The molecule has 0 saturated heterocycles. The number of hydrogen-bond donors (Lipinski definition) is 0. The molecule has 0 amide bonds. The molecule has 8 rings (SSSR count). The second-order valence-electron chi connectivity index (χ2n) is 11.7. The largest absolute Gasteiger partial charge is 3.00 e. The van der Waals surface area contributed by atoms with Gasteiger partial charge in [-0.2, -0.15) is 0 Å². The molecule has 10 heteroatoms. The molecule has 0 radical (unpaired) electrons. The molecule has 0 atom stereocenters. The molecule has 0 N–H and O–H groups in total. The molecule has 0 aliphatic heterocycles. The molecule has 0 saturated carbocycles. The fourth-order valence-corrected chi connectivity index (χ4v) is 8.04. The van der Waals surface area contributed by atoms with Crippen molar-refractivity contribution in [3.63, 3.8) is 0 Å². The predicted octanol–water partition coefficient (Wildman–Crippen LogP) is 10.6. The van der Waals surface area contributed by atoms with E-state index in [4.69, 9.17) is 0 Å². The summed E-state index contributed by atoms with van der Waals surface area (Å²) in [7, 11) is -0.877. The number of hydrogen-bond acceptors (Lipinski definition) is 2. The Balaban J connectivity index is 0.000000163. The van der Waals surface area contributed by atoms with E-state index in [2.05, 4.69) is 119 Å². The first kappa shape index (κ1) is 41.4. The topological polar surface area (TPSA) is 25.8 Å². The van der Waals surface area contributed by atoms with Gasteiger partial charge in [-0.3, -0.25) is 26.3 Å². The van der Waals surface area contributed by atoms with E-state index in [0.29, 0.717) is 17.8 Å². The first-order chi connectivity index (χ1) is 26.8. The number of pyridine rings is 2. The summed E-state index contributed by atoms with van der Waals surface area (Å²) in [5, 5.41) is 4.31. The maximum absolute atomic E-state index is 13.8. The average molecular weight is 947 g/mol. The van der Waals surface area contributed by atoms with E-state index in [1.54, 1.807) is 24.4 Å². The Kier molecular flexibility index (Phi) is 15.0. The minimum absolute atomic E-state index is 0. The molecular formula is C46H29F6IrN2P+. The van der Waals surface area contributed by atoms with Gasteiger partial charge in [0.15, 0.2) is 0 Å². The summed E-state index contributed by atoms with van der Waals surface area (Å²) >= 11 is 0. The van der Waals surface area contributed by atoms with Crippen molar-refractivity contribution in [2.24, 2.45) is 0 Å².